The number of rotatable bonds is 8. The largest absolute Gasteiger partial charge is 0.463 e. The third kappa shape index (κ3) is 4.65. The normalized spacial score (nSPS) is 14.7. The van der Waals surface area contributed by atoms with Gasteiger partial charge in [0.2, 0.25) is 5.76 Å². The minimum Gasteiger partial charge on any atom is -0.463 e. The van der Waals surface area contributed by atoms with Crippen LogP contribution in [0.3, 0.4) is 0 Å². The summed E-state index contributed by atoms with van der Waals surface area (Å²) in [6, 6.07) is 3.40. The van der Waals surface area contributed by atoms with Crippen LogP contribution < -0.4 is 5.56 Å². The number of thioether (sulfide) groups is 1. The van der Waals surface area contributed by atoms with Gasteiger partial charge in [-0.05, 0) is 77.4 Å². The predicted octanol–water partition coefficient (Wildman–Crippen LogP) is 4.52. The number of aromatic nitrogens is 2. The minimum absolute atomic E-state index is 0.0672. The third-order valence-electron chi connectivity index (χ3n) is 5.72. The molecule has 1 aliphatic carbocycles. The van der Waals surface area contributed by atoms with Crippen molar-refractivity contribution in [2.75, 3.05) is 27.7 Å². The van der Waals surface area contributed by atoms with Crippen molar-refractivity contribution >= 4 is 39.3 Å². The van der Waals surface area contributed by atoms with Gasteiger partial charge in [-0.25, -0.2) is 9.78 Å². The fraction of sp³-hybridized carbons (Fsp3) is 0.522. The Bertz CT molecular complexity index is 1180. The van der Waals surface area contributed by atoms with E-state index in [4.69, 9.17) is 14.1 Å². The second-order valence-electron chi connectivity index (χ2n) is 8.35. The van der Waals surface area contributed by atoms with E-state index in [-0.39, 0.29) is 16.6 Å². The maximum Gasteiger partial charge on any atom is 0.373 e. The second kappa shape index (κ2) is 9.80. The number of aryl methyl sites for hydroxylation is 2. The summed E-state index contributed by atoms with van der Waals surface area (Å²) in [5, 5.41) is 1.40. The molecule has 1 unspecified atom stereocenters. The quantitative estimate of drug-likeness (QED) is 0.269. The molecule has 3 heterocycles. The molecule has 0 amide bonds. The molecule has 4 rings (SSSR count). The number of ether oxygens (including phenoxy) is 1. The zero-order valence-electron chi connectivity index (χ0n) is 19.0. The highest BCUT2D eigenvalue weighted by Gasteiger charge is 2.24. The Hall–Kier alpha value is -2.10. The van der Waals surface area contributed by atoms with Gasteiger partial charge in [0.25, 0.3) is 5.56 Å². The maximum atomic E-state index is 13.6. The fourth-order valence-corrected chi connectivity index (χ4v) is 6.36. The van der Waals surface area contributed by atoms with E-state index in [0.29, 0.717) is 17.5 Å². The number of furan rings is 1. The molecule has 9 heteroatoms. The molecular formula is C23H29N3O4S2. The third-order valence-corrected chi connectivity index (χ3v) is 8.02. The summed E-state index contributed by atoms with van der Waals surface area (Å²) < 4.78 is 12.3. The topological polar surface area (TPSA) is 77.6 Å². The molecule has 0 saturated heterocycles. The number of hydrogen-bond donors (Lipinski definition) is 0. The van der Waals surface area contributed by atoms with Crippen LogP contribution in [-0.4, -0.2) is 48.2 Å². The van der Waals surface area contributed by atoms with Gasteiger partial charge in [-0.1, -0.05) is 11.8 Å². The lowest BCUT2D eigenvalue weighted by Gasteiger charge is -2.16. The molecule has 0 bridgehead atoms. The number of nitrogens with zero attached hydrogens (tertiary/aromatic N) is 3. The van der Waals surface area contributed by atoms with Gasteiger partial charge in [0.15, 0.2) is 5.16 Å². The molecular weight excluding hydrogens is 446 g/mol. The van der Waals surface area contributed by atoms with Crippen molar-refractivity contribution in [2.24, 2.45) is 0 Å². The van der Waals surface area contributed by atoms with E-state index >= 15 is 0 Å². The molecule has 0 fully saturated rings. The van der Waals surface area contributed by atoms with Gasteiger partial charge in [0, 0.05) is 11.4 Å². The van der Waals surface area contributed by atoms with Crippen molar-refractivity contribution in [3.05, 3.63) is 44.4 Å². The van der Waals surface area contributed by atoms with E-state index in [1.165, 1.54) is 35.7 Å². The SMILES string of the molecule is COC(=O)c1ccc(C(C)Sc2nc3sc4c(c3c(=O)n2CCCN(C)C)CCCC4)o1. The lowest BCUT2D eigenvalue weighted by atomic mass is 9.97. The predicted molar refractivity (Wildman–Crippen MR) is 128 cm³/mol. The van der Waals surface area contributed by atoms with Crippen LogP contribution in [0.15, 0.2) is 26.5 Å². The molecule has 32 heavy (non-hydrogen) atoms. The summed E-state index contributed by atoms with van der Waals surface area (Å²) in [6.45, 7) is 3.50. The number of esters is 1. The van der Waals surface area contributed by atoms with Gasteiger partial charge in [0.05, 0.1) is 17.7 Å². The Labute approximate surface area is 195 Å². The van der Waals surface area contributed by atoms with Crippen LogP contribution >= 0.6 is 23.1 Å². The zero-order valence-corrected chi connectivity index (χ0v) is 20.6. The van der Waals surface area contributed by atoms with Gasteiger partial charge < -0.3 is 14.1 Å². The van der Waals surface area contributed by atoms with Crippen LogP contribution in [0.4, 0.5) is 0 Å². The summed E-state index contributed by atoms with van der Waals surface area (Å²) in [5.41, 5.74) is 1.28. The Morgan fingerprint density at radius 1 is 1.34 bits per heavy atom. The Kier molecular flexibility index (Phi) is 7.07. The molecule has 3 aromatic heterocycles. The standard InChI is InChI=1S/C23H29N3O4S2/c1-14(16-10-11-17(30-16)22(28)29-4)31-23-24-20-19(15-8-5-6-9-18(15)32-20)21(27)26(23)13-7-12-25(2)3/h10-11,14H,5-9,12-13H2,1-4H3. The van der Waals surface area contributed by atoms with E-state index in [1.807, 2.05) is 25.6 Å². The average Bonchev–Trinajstić information content (AvgIpc) is 3.40. The second-order valence-corrected chi connectivity index (χ2v) is 10.7. The lowest BCUT2D eigenvalue weighted by molar-refractivity contribution is 0.0563. The minimum atomic E-state index is -0.502. The first kappa shape index (κ1) is 23.1. The maximum absolute atomic E-state index is 13.6. The smallest absolute Gasteiger partial charge is 0.373 e. The fourth-order valence-electron chi connectivity index (χ4n) is 4.05. The molecule has 172 valence electrons. The highest BCUT2D eigenvalue weighted by atomic mass is 32.2. The molecule has 0 aliphatic heterocycles. The molecule has 0 spiro atoms. The van der Waals surface area contributed by atoms with Crippen molar-refractivity contribution in [1.29, 1.82) is 0 Å². The van der Waals surface area contributed by atoms with Gasteiger partial charge in [-0.15, -0.1) is 11.3 Å². The zero-order chi connectivity index (χ0) is 22.8. The molecule has 0 saturated carbocycles. The molecule has 1 aliphatic rings. The van der Waals surface area contributed by atoms with Crippen molar-refractivity contribution in [1.82, 2.24) is 14.5 Å². The summed E-state index contributed by atoms with van der Waals surface area (Å²) >= 11 is 3.16. The van der Waals surface area contributed by atoms with Crippen molar-refractivity contribution in [3.8, 4) is 0 Å². The molecule has 1 atom stereocenters. The average molecular weight is 476 g/mol. The first-order valence-corrected chi connectivity index (χ1v) is 12.6. The van der Waals surface area contributed by atoms with E-state index < -0.39 is 5.97 Å². The van der Waals surface area contributed by atoms with Gasteiger partial charge in [0.1, 0.15) is 10.6 Å². The lowest BCUT2D eigenvalue weighted by Crippen LogP contribution is -2.26. The molecule has 7 nitrogen and oxygen atoms in total. The Balaban J connectivity index is 1.70. The number of methoxy groups -OCH3 is 1. The molecule has 0 N–H and O–H groups in total. The number of thiophene rings is 1. The summed E-state index contributed by atoms with van der Waals surface area (Å²) in [4.78, 5) is 34.6. The first-order chi connectivity index (χ1) is 15.4. The van der Waals surface area contributed by atoms with Crippen molar-refractivity contribution in [3.63, 3.8) is 0 Å². The van der Waals surface area contributed by atoms with E-state index in [0.717, 1.165) is 42.4 Å². The molecule has 0 radical (unpaired) electrons. The van der Waals surface area contributed by atoms with Gasteiger partial charge in [-0.3, -0.25) is 9.36 Å². The number of hydrogen-bond acceptors (Lipinski definition) is 8. The molecule has 3 aromatic rings. The summed E-state index contributed by atoms with van der Waals surface area (Å²) in [7, 11) is 5.40. The van der Waals surface area contributed by atoms with Crippen molar-refractivity contribution in [2.45, 2.75) is 56.0 Å². The summed E-state index contributed by atoms with van der Waals surface area (Å²) in [6.07, 6.45) is 5.18. The van der Waals surface area contributed by atoms with E-state index in [9.17, 15) is 9.59 Å². The Morgan fingerprint density at radius 3 is 2.88 bits per heavy atom. The van der Waals surface area contributed by atoms with Crippen LogP contribution in [0.2, 0.25) is 0 Å². The van der Waals surface area contributed by atoms with Crippen LogP contribution in [0.25, 0.3) is 10.2 Å². The van der Waals surface area contributed by atoms with Crippen LogP contribution in [-0.2, 0) is 24.1 Å². The van der Waals surface area contributed by atoms with Gasteiger partial charge >= 0.3 is 5.97 Å². The molecule has 0 aromatic carbocycles. The van der Waals surface area contributed by atoms with Crippen LogP contribution in [0, 0.1) is 0 Å². The highest BCUT2D eigenvalue weighted by Crippen LogP contribution is 2.38. The number of carbonyl (C=O) groups excluding carboxylic acids is 1. The summed E-state index contributed by atoms with van der Waals surface area (Å²) in [5.74, 6) is 0.320. The highest BCUT2D eigenvalue weighted by molar-refractivity contribution is 7.99. The first-order valence-electron chi connectivity index (χ1n) is 10.9. The van der Waals surface area contributed by atoms with Crippen molar-refractivity contribution < 1.29 is 13.9 Å². The van der Waals surface area contributed by atoms with Crippen LogP contribution in [0.5, 0.6) is 0 Å². The Morgan fingerprint density at radius 2 is 2.12 bits per heavy atom. The number of carbonyl (C=O) groups is 1. The van der Waals surface area contributed by atoms with Gasteiger partial charge in [-0.2, -0.15) is 0 Å². The van der Waals surface area contributed by atoms with Crippen LogP contribution in [0.1, 0.15) is 58.2 Å². The van der Waals surface area contributed by atoms with E-state index in [1.54, 1.807) is 23.5 Å². The van der Waals surface area contributed by atoms with E-state index in [2.05, 4.69) is 4.90 Å². The monoisotopic (exact) mass is 475 g/mol. The number of fused-ring (bicyclic) bond motifs is 3.